The van der Waals surface area contributed by atoms with Crippen LogP contribution in [0.5, 0.6) is 0 Å². The van der Waals surface area contributed by atoms with E-state index < -0.39 is 0 Å². The van der Waals surface area contributed by atoms with E-state index in [9.17, 15) is 0 Å². The number of nitrogen functional groups attached to an aromatic ring is 2. The van der Waals surface area contributed by atoms with E-state index in [1.54, 1.807) is 0 Å². The van der Waals surface area contributed by atoms with Gasteiger partial charge in [0.05, 0.1) is 0 Å². The van der Waals surface area contributed by atoms with Gasteiger partial charge in [-0.15, -0.1) is 0 Å². The second-order valence-electron chi connectivity index (χ2n) is 3.22. The van der Waals surface area contributed by atoms with Crippen molar-refractivity contribution in [2.75, 3.05) is 16.8 Å². The molecule has 1 heterocycles. The molecule has 0 bridgehead atoms. The molecule has 0 atom stereocenters. The number of aromatic nitrogens is 2. The molecule has 0 aliphatic heterocycles. The minimum Gasteiger partial charge on any atom is -0.412 e. The van der Waals surface area contributed by atoms with Gasteiger partial charge in [0.15, 0.2) is 0 Å². The van der Waals surface area contributed by atoms with Gasteiger partial charge < -0.3 is 22.3 Å². The molecule has 80 valence electrons. The van der Waals surface area contributed by atoms with Crippen LogP contribution in [0.1, 0.15) is 18.4 Å². The minimum absolute atomic E-state index is 0. The Morgan fingerprint density at radius 2 is 1.80 bits per heavy atom. The van der Waals surface area contributed by atoms with E-state index in [0.29, 0.717) is 12.0 Å². The second kappa shape index (κ2) is 3.98. The first-order chi connectivity index (χ1) is 6.70. The van der Waals surface area contributed by atoms with Gasteiger partial charge in [-0.3, -0.25) is 0 Å². The maximum atomic E-state index is 8.67. The molecule has 1 saturated carbocycles. The van der Waals surface area contributed by atoms with Crippen molar-refractivity contribution >= 4 is 17.6 Å². The molecule has 1 aromatic heterocycles. The third kappa shape index (κ3) is 2.24. The van der Waals surface area contributed by atoms with Gasteiger partial charge in [-0.2, -0.15) is 15.2 Å². The first-order valence-electron chi connectivity index (χ1n) is 4.30. The van der Waals surface area contributed by atoms with Crippen LogP contribution in [0.4, 0.5) is 17.6 Å². The summed E-state index contributed by atoms with van der Waals surface area (Å²) in [7, 11) is 0. The van der Waals surface area contributed by atoms with Crippen molar-refractivity contribution in [2.45, 2.75) is 18.9 Å². The highest BCUT2D eigenvalue weighted by Crippen LogP contribution is 2.24. The fourth-order valence-electron chi connectivity index (χ4n) is 1.09. The summed E-state index contributed by atoms with van der Waals surface area (Å²) in [5.41, 5.74) is 11.2. The number of nitriles is 1. The van der Waals surface area contributed by atoms with Crippen molar-refractivity contribution in [1.82, 2.24) is 9.97 Å². The van der Waals surface area contributed by atoms with Crippen LogP contribution < -0.4 is 16.8 Å². The van der Waals surface area contributed by atoms with E-state index in [1.807, 2.05) is 6.07 Å². The zero-order valence-electron chi connectivity index (χ0n) is 7.99. The molecule has 7 N–H and O–H groups in total. The summed E-state index contributed by atoms with van der Waals surface area (Å²) in [5.74, 6) is 0.660. The number of hydrogen-bond acceptors (Lipinski definition) is 6. The number of nitrogens with zero attached hydrogens (tertiary/aromatic N) is 3. The predicted octanol–water partition coefficient (Wildman–Crippen LogP) is -0.738. The van der Waals surface area contributed by atoms with Gasteiger partial charge in [0.2, 0.25) is 5.95 Å². The summed E-state index contributed by atoms with van der Waals surface area (Å²) in [4.78, 5) is 7.88. The van der Waals surface area contributed by atoms with Crippen molar-refractivity contribution in [3.63, 3.8) is 0 Å². The molecule has 2 rings (SSSR count). The third-order valence-corrected chi connectivity index (χ3v) is 1.99. The Hall–Kier alpha value is -2.07. The molecular weight excluding hydrogens is 196 g/mol. The summed E-state index contributed by atoms with van der Waals surface area (Å²) in [6.45, 7) is 0. The molecule has 1 aromatic rings. The van der Waals surface area contributed by atoms with Crippen LogP contribution >= 0.6 is 0 Å². The monoisotopic (exact) mass is 208 g/mol. The van der Waals surface area contributed by atoms with Crippen molar-refractivity contribution in [2.24, 2.45) is 0 Å². The first kappa shape index (κ1) is 11.0. The van der Waals surface area contributed by atoms with Crippen molar-refractivity contribution < 1.29 is 5.48 Å². The fraction of sp³-hybridized carbons (Fsp3) is 0.375. The number of anilines is 3. The van der Waals surface area contributed by atoms with Gasteiger partial charge in [-0.1, -0.05) is 0 Å². The molecule has 0 unspecified atom stereocenters. The van der Waals surface area contributed by atoms with Crippen molar-refractivity contribution in [3.8, 4) is 6.07 Å². The number of hydrogen-bond donors (Lipinski definition) is 3. The summed E-state index contributed by atoms with van der Waals surface area (Å²) < 4.78 is 0. The molecule has 0 amide bonds. The van der Waals surface area contributed by atoms with E-state index in [2.05, 4.69) is 15.3 Å². The third-order valence-electron chi connectivity index (χ3n) is 1.99. The van der Waals surface area contributed by atoms with E-state index in [1.165, 1.54) is 0 Å². The van der Waals surface area contributed by atoms with Crippen LogP contribution in [0.15, 0.2) is 0 Å². The van der Waals surface area contributed by atoms with Crippen LogP contribution in [0.2, 0.25) is 0 Å². The lowest BCUT2D eigenvalue weighted by atomic mass is 10.3. The van der Waals surface area contributed by atoms with Gasteiger partial charge in [0, 0.05) is 6.04 Å². The minimum atomic E-state index is 0. The Kier molecular flexibility index (Phi) is 2.92. The van der Waals surface area contributed by atoms with Crippen LogP contribution in [0, 0.1) is 11.3 Å². The SMILES string of the molecule is N#Cc1c(N)nc(NC2CC2)nc1N.O. The topological polar surface area (TPSA) is 145 Å². The lowest BCUT2D eigenvalue weighted by Crippen LogP contribution is -2.10. The van der Waals surface area contributed by atoms with Gasteiger partial charge in [-0.25, -0.2) is 0 Å². The van der Waals surface area contributed by atoms with E-state index in [-0.39, 0.29) is 22.7 Å². The lowest BCUT2D eigenvalue weighted by Gasteiger charge is -2.05. The summed E-state index contributed by atoms with van der Waals surface area (Å²) in [5, 5.41) is 11.7. The van der Waals surface area contributed by atoms with E-state index >= 15 is 0 Å². The molecule has 1 fully saturated rings. The zero-order chi connectivity index (χ0) is 10.1. The van der Waals surface area contributed by atoms with Gasteiger partial charge in [-0.05, 0) is 12.8 Å². The van der Waals surface area contributed by atoms with Crippen LogP contribution in [0.25, 0.3) is 0 Å². The van der Waals surface area contributed by atoms with E-state index in [4.69, 9.17) is 16.7 Å². The normalized spacial score (nSPS) is 13.8. The van der Waals surface area contributed by atoms with Crippen molar-refractivity contribution in [3.05, 3.63) is 5.56 Å². The second-order valence-corrected chi connectivity index (χ2v) is 3.22. The quantitative estimate of drug-likeness (QED) is 0.583. The number of nitrogens with one attached hydrogen (secondary N) is 1. The predicted molar refractivity (Wildman–Crippen MR) is 55.8 cm³/mol. The highest BCUT2D eigenvalue weighted by Gasteiger charge is 2.22. The Balaban J connectivity index is 0.00000112. The van der Waals surface area contributed by atoms with E-state index in [0.717, 1.165) is 12.8 Å². The number of nitrogens with two attached hydrogens (primary N) is 2. The molecule has 1 aliphatic rings. The maximum Gasteiger partial charge on any atom is 0.226 e. The Bertz CT molecular complexity index is 385. The van der Waals surface area contributed by atoms with Crippen LogP contribution in [0.3, 0.4) is 0 Å². The Labute approximate surface area is 86.4 Å². The fourth-order valence-corrected chi connectivity index (χ4v) is 1.09. The summed E-state index contributed by atoms with van der Waals surface area (Å²) in [6.07, 6.45) is 2.23. The molecule has 1 aliphatic carbocycles. The average Bonchev–Trinajstić information content (AvgIpc) is 2.87. The lowest BCUT2D eigenvalue weighted by molar-refractivity contribution is 0.824. The Morgan fingerprint density at radius 3 is 2.20 bits per heavy atom. The van der Waals surface area contributed by atoms with Crippen LogP contribution in [-0.2, 0) is 0 Å². The first-order valence-corrected chi connectivity index (χ1v) is 4.30. The molecule has 15 heavy (non-hydrogen) atoms. The molecule has 0 aromatic carbocycles. The molecule has 0 radical (unpaired) electrons. The van der Waals surface area contributed by atoms with Gasteiger partial charge >= 0.3 is 0 Å². The van der Waals surface area contributed by atoms with Gasteiger partial charge in [0.25, 0.3) is 0 Å². The summed E-state index contributed by atoms with van der Waals surface area (Å²) in [6, 6.07) is 2.29. The zero-order valence-corrected chi connectivity index (χ0v) is 7.99. The molecule has 7 heteroatoms. The smallest absolute Gasteiger partial charge is 0.226 e. The maximum absolute atomic E-state index is 8.67. The standard InChI is InChI=1S/C8H10N6.H2O/c9-3-5-6(10)13-8(14-7(5)11)12-4-1-2-4;/h4H,1-2H2,(H5,10,11,12,13,14);1H2. The van der Waals surface area contributed by atoms with Crippen LogP contribution in [-0.4, -0.2) is 21.5 Å². The molecule has 0 saturated heterocycles. The highest BCUT2D eigenvalue weighted by atomic mass is 16.0. The number of rotatable bonds is 2. The summed E-state index contributed by atoms with van der Waals surface area (Å²) >= 11 is 0. The van der Waals surface area contributed by atoms with Crippen molar-refractivity contribution in [1.29, 1.82) is 5.26 Å². The average molecular weight is 208 g/mol. The largest absolute Gasteiger partial charge is 0.412 e. The van der Waals surface area contributed by atoms with Gasteiger partial charge in [0.1, 0.15) is 23.3 Å². The molecule has 0 spiro atoms. The molecular formula is C8H12N6O. The Morgan fingerprint density at radius 1 is 1.27 bits per heavy atom. The molecule has 7 nitrogen and oxygen atoms in total. The highest BCUT2D eigenvalue weighted by molar-refractivity contribution is 5.62.